The van der Waals surface area contributed by atoms with Gasteiger partial charge >= 0.3 is 0 Å². The first-order chi connectivity index (χ1) is 11.6. The van der Waals surface area contributed by atoms with E-state index in [0.29, 0.717) is 23.7 Å². The molecule has 0 aliphatic carbocycles. The molecule has 7 nitrogen and oxygen atoms in total. The fourth-order valence-electron chi connectivity index (χ4n) is 2.41. The number of carbonyl (C=O) groups is 1. The summed E-state index contributed by atoms with van der Waals surface area (Å²) in [5.74, 6) is -0.448. The topological polar surface area (TPSA) is 96.0 Å². The fraction of sp³-hybridized carbons (Fsp3) is 0.412. The van der Waals surface area contributed by atoms with Crippen LogP contribution in [0.3, 0.4) is 0 Å². The number of aliphatic carboxylic acids is 1. The van der Waals surface area contributed by atoms with E-state index in [9.17, 15) is 9.90 Å². The van der Waals surface area contributed by atoms with E-state index in [2.05, 4.69) is 0 Å². The Morgan fingerprint density at radius 3 is 2.79 bits per heavy atom. The molecule has 24 heavy (non-hydrogen) atoms. The average Bonchev–Trinajstić information content (AvgIpc) is 2.61. The maximum absolute atomic E-state index is 10.8. The minimum atomic E-state index is -1.51. The second-order valence-electron chi connectivity index (χ2n) is 5.33. The van der Waals surface area contributed by atoms with Crippen LogP contribution in [0.2, 0.25) is 0 Å². The molecular weight excluding hydrogens is 312 g/mol. The molecule has 0 amide bonds. The van der Waals surface area contributed by atoms with Crippen molar-refractivity contribution in [1.29, 1.82) is 5.26 Å². The summed E-state index contributed by atoms with van der Waals surface area (Å²) >= 11 is 0. The number of carboxylic acid groups (broad SMARTS) is 1. The lowest BCUT2D eigenvalue weighted by atomic mass is 10.1. The summed E-state index contributed by atoms with van der Waals surface area (Å²) < 4.78 is 16.4. The Labute approximate surface area is 140 Å². The molecule has 7 heteroatoms. The van der Waals surface area contributed by atoms with Gasteiger partial charge in [0.05, 0.1) is 31.9 Å². The van der Waals surface area contributed by atoms with Crippen LogP contribution < -0.4 is 19.5 Å². The van der Waals surface area contributed by atoms with Gasteiger partial charge in [0.15, 0.2) is 11.5 Å². The number of hydrogen-bond acceptors (Lipinski definition) is 6. The molecule has 1 saturated heterocycles. The monoisotopic (exact) mass is 332 g/mol. The Kier molecular flexibility index (Phi) is 6.61. The van der Waals surface area contributed by atoms with Crippen LogP contribution >= 0.6 is 0 Å². The standard InChI is InChI=1S/C17H20N2O5/c1-22-16-11-13(10-14(12-18)17(20)21)2-3-15(16)24-9-6-19-4-7-23-8-5-19/h2-3,10-11H,4-9H2,1H3,(H,20,21)/b14-10-. The van der Waals surface area contributed by atoms with Crippen LogP contribution in [0.15, 0.2) is 23.8 Å². The third-order valence-corrected chi connectivity index (χ3v) is 3.75. The van der Waals surface area contributed by atoms with Gasteiger partial charge in [-0.2, -0.15) is 5.26 Å². The highest BCUT2D eigenvalue weighted by atomic mass is 16.5. The lowest BCUT2D eigenvalue weighted by Crippen LogP contribution is -3.14. The van der Waals surface area contributed by atoms with E-state index in [1.165, 1.54) is 18.1 Å². The number of carboxylic acids is 1. The minimum Gasteiger partial charge on any atom is -0.544 e. The lowest BCUT2D eigenvalue weighted by Gasteiger charge is -2.23. The summed E-state index contributed by atoms with van der Waals surface area (Å²) in [4.78, 5) is 12.2. The van der Waals surface area contributed by atoms with Crippen LogP contribution in [0.5, 0.6) is 11.5 Å². The van der Waals surface area contributed by atoms with Gasteiger partial charge in [-0.25, -0.2) is 0 Å². The third kappa shape index (κ3) is 4.98. The Morgan fingerprint density at radius 2 is 2.17 bits per heavy atom. The summed E-state index contributed by atoms with van der Waals surface area (Å²) in [6.45, 7) is 4.92. The van der Waals surface area contributed by atoms with E-state index in [1.807, 2.05) is 0 Å². The zero-order chi connectivity index (χ0) is 17.4. The van der Waals surface area contributed by atoms with Crippen molar-refractivity contribution in [1.82, 2.24) is 0 Å². The summed E-state index contributed by atoms with van der Waals surface area (Å²) in [6, 6.07) is 6.57. The predicted molar refractivity (Wildman–Crippen MR) is 83.5 cm³/mol. The summed E-state index contributed by atoms with van der Waals surface area (Å²) in [5.41, 5.74) is 0.0837. The lowest BCUT2D eigenvalue weighted by molar-refractivity contribution is -0.908. The molecule has 1 fully saturated rings. The van der Waals surface area contributed by atoms with Crippen LogP contribution in [0.1, 0.15) is 5.56 Å². The number of methoxy groups -OCH3 is 1. The minimum absolute atomic E-state index is 0.443. The zero-order valence-electron chi connectivity index (χ0n) is 13.5. The van der Waals surface area contributed by atoms with Gasteiger partial charge in [0.1, 0.15) is 32.3 Å². The van der Waals surface area contributed by atoms with E-state index in [-0.39, 0.29) is 0 Å². The normalized spacial score (nSPS) is 15.6. The SMILES string of the molecule is COc1cc(/C=C(/C#N)C(=O)[O-])ccc1OCC[NH+]1CCOCC1. The Balaban J connectivity index is 2.00. The highest BCUT2D eigenvalue weighted by Crippen LogP contribution is 2.28. The highest BCUT2D eigenvalue weighted by Gasteiger charge is 2.14. The van der Waals surface area contributed by atoms with Crippen molar-refractivity contribution in [3.8, 4) is 17.6 Å². The van der Waals surface area contributed by atoms with Crippen molar-refractivity contribution < 1.29 is 29.0 Å². The first-order valence-corrected chi connectivity index (χ1v) is 7.69. The first kappa shape index (κ1) is 17.8. The van der Waals surface area contributed by atoms with Gasteiger partial charge in [0.25, 0.3) is 0 Å². The number of benzene rings is 1. The summed E-state index contributed by atoms with van der Waals surface area (Å²) in [5, 5.41) is 19.6. The van der Waals surface area contributed by atoms with E-state index in [0.717, 1.165) is 32.8 Å². The van der Waals surface area contributed by atoms with Gasteiger partial charge in [-0.3, -0.25) is 0 Å². The number of morpholine rings is 1. The predicted octanol–water partition coefficient (Wildman–Crippen LogP) is -1.35. The smallest absolute Gasteiger partial charge is 0.161 e. The van der Waals surface area contributed by atoms with Crippen LogP contribution in [0.25, 0.3) is 6.08 Å². The van der Waals surface area contributed by atoms with Crippen molar-refractivity contribution in [2.75, 3.05) is 46.6 Å². The van der Waals surface area contributed by atoms with Crippen molar-refractivity contribution >= 4 is 12.0 Å². The second kappa shape index (κ2) is 8.91. The molecule has 1 aliphatic rings. The third-order valence-electron chi connectivity index (χ3n) is 3.75. The molecule has 0 saturated carbocycles. The molecule has 1 N–H and O–H groups in total. The largest absolute Gasteiger partial charge is 0.544 e. The van der Waals surface area contributed by atoms with E-state index < -0.39 is 11.5 Å². The zero-order valence-corrected chi connectivity index (χ0v) is 13.5. The Morgan fingerprint density at radius 1 is 1.42 bits per heavy atom. The number of nitriles is 1. The second-order valence-corrected chi connectivity index (χ2v) is 5.33. The van der Waals surface area contributed by atoms with Gasteiger partial charge in [-0.05, 0) is 23.8 Å². The number of carbonyl (C=O) groups excluding carboxylic acids is 1. The van der Waals surface area contributed by atoms with Gasteiger partial charge < -0.3 is 29.0 Å². The van der Waals surface area contributed by atoms with E-state index >= 15 is 0 Å². The van der Waals surface area contributed by atoms with Crippen molar-refractivity contribution in [3.63, 3.8) is 0 Å². The first-order valence-electron chi connectivity index (χ1n) is 7.69. The van der Waals surface area contributed by atoms with Crippen LogP contribution in [0, 0.1) is 11.3 Å². The number of rotatable bonds is 7. The molecule has 0 radical (unpaired) electrons. The molecule has 1 aromatic rings. The van der Waals surface area contributed by atoms with E-state index in [1.54, 1.807) is 24.3 Å². The molecule has 0 atom stereocenters. The van der Waals surface area contributed by atoms with Gasteiger partial charge in [0.2, 0.25) is 0 Å². The molecule has 128 valence electrons. The van der Waals surface area contributed by atoms with Crippen LogP contribution in [0.4, 0.5) is 0 Å². The van der Waals surface area contributed by atoms with Gasteiger partial charge in [0, 0.05) is 0 Å². The molecule has 0 bridgehead atoms. The maximum atomic E-state index is 10.8. The molecule has 1 aliphatic heterocycles. The van der Waals surface area contributed by atoms with Crippen molar-refractivity contribution in [2.24, 2.45) is 0 Å². The number of nitrogens with zero attached hydrogens (tertiary/aromatic N) is 1. The van der Waals surface area contributed by atoms with Crippen LogP contribution in [-0.4, -0.2) is 52.5 Å². The molecule has 0 unspecified atom stereocenters. The number of nitrogens with one attached hydrogen (secondary N) is 1. The van der Waals surface area contributed by atoms with Crippen molar-refractivity contribution in [2.45, 2.75) is 0 Å². The van der Waals surface area contributed by atoms with E-state index in [4.69, 9.17) is 19.5 Å². The number of ether oxygens (including phenoxy) is 3. The molecular formula is C17H20N2O5. The molecule has 1 aromatic carbocycles. The van der Waals surface area contributed by atoms with Crippen molar-refractivity contribution in [3.05, 3.63) is 29.3 Å². The maximum Gasteiger partial charge on any atom is 0.161 e. The number of quaternary nitrogens is 1. The number of hydrogen-bond donors (Lipinski definition) is 1. The molecule has 0 spiro atoms. The Hall–Kier alpha value is -2.56. The van der Waals surface area contributed by atoms with Gasteiger partial charge in [-0.15, -0.1) is 0 Å². The van der Waals surface area contributed by atoms with Crippen LogP contribution in [-0.2, 0) is 9.53 Å². The molecule has 0 aromatic heterocycles. The summed E-state index contributed by atoms with van der Waals surface area (Å²) in [6.07, 6.45) is 1.24. The summed E-state index contributed by atoms with van der Waals surface area (Å²) in [7, 11) is 1.51. The van der Waals surface area contributed by atoms with Gasteiger partial charge in [-0.1, -0.05) is 6.07 Å². The fourth-order valence-corrected chi connectivity index (χ4v) is 2.41. The quantitative estimate of drug-likeness (QED) is 0.490. The average molecular weight is 332 g/mol. The molecule has 2 rings (SSSR count). The Bertz CT molecular complexity index is 645. The highest BCUT2D eigenvalue weighted by molar-refractivity contribution is 5.95. The molecule has 1 heterocycles.